The first-order valence-corrected chi connectivity index (χ1v) is 6.87. The first-order valence-electron chi connectivity index (χ1n) is 6.87. The molecule has 1 aromatic carbocycles. The van der Waals surface area contributed by atoms with E-state index in [1.54, 1.807) is 18.2 Å². The molecule has 2 unspecified atom stereocenters. The highest BCUT2D eigenvalue weighted by Gasteiger charge is 2.56. The van der Waals surface area contributed by atoms with E-state index in [-0.39, 0.29) is 6.42 Å². The molecule has 5 heteroatoms. The summed E-state index contributed by atoms with van der Waals surface area (Å²) < 4.78 is 48.8. The first-order chi connectivity index (χ1) is 9.47. The first kappa shape index (κ1) is 15.3. The van der Waals surface area contributed by atoms with Gasteiger partial charge in [0.05, 0.1) is 5.92 Å². The molecule has 0 amide bonds. The van der Waals surface area contributed by atoms with Crippen molar-refractivity contribution in [3.63, 3.8) is 0 Å². The van der Waals surface area contributed by atoms with E-state index in [0.717, 1.165) is 5.56 Å². The number of halogens is 3. The van der Waals surface area contributed by atoms with Crippen molar-refractivity contribution in [1.82, 2.24) is 0 Å². The summed E-state index contributed by atoms with van der Waals surface area (Å²) >= 11 is 0. The van der Waals surface area contributed by atoms with E-state index in [9.17, 15) is 13.2 Å². The Hall–Kier alpha value is -1.07. The van der Waals surface area contributed by atoms with Crippen LogP contribution in [0.4, 0.5) is 13.2 Å². The molecule has 0 heterocycles. The highest BCUT2D eigenvalue weighted by molar-refractivity contribution is 5.31. The van der Waals surface area contributed by atoms with Crippen LogP contribution in [0.2, 0.25) is 0 Å². The Morgan fingerprint density at radius 1 is 1.20 bits per heavy atom. The lowest BCUT2D eigenvalue weighted by molar-refractivity contribution is -0.148. The van der Waals surface area contributed by atoms with E-state index in [4.69, 9.17) is 9.47 Å². The Balaban J connectivity index is 2.12. The number of alkyl halides is 3. The molecule has 0 N–H and O–H groups in total. The maximum Gasteiger partial charge on any atom is 0.392 e. The van der Waals surface area contributed by atoms with Gasteiger partial charge in [-0.3, -0.25) is 0 Å². The van der Waals surface area contributed by atoms with E-state index in [2.05, 4.69) is 0 Å². The molecule has 0 bridgehead atoms. The maximum atomic E-state index is 12.6. The summed E-state index contributed by atoms with van der Waals surface area (Å²) in [6.45, 7) is 4.69. The zero-order valence-electron chi connectivity index (χ0n) is 11.6. The van der Waals surface area contributed by atoms with Gasteiger partial charge in [0.15, 0.2) is 6.29 Å². The van der Waals surface area contributed by atoms with Crippen molar-refractivity contribution in [3.8, 4) is 0 Å². The average Bonchev–Trinajstić information content (AvgIpc) is 3.19. The minimum atomic E-state index is -4.10. The molecule has 0 radical (unpaired) electrons. The standard InChI is InChI=1S/C15H19F3O2/c1-3-19-14(20-4-2)11-7-5-6-10(8-11)12-9-13(12)15(16,17)18/h5-8,12-14H,3-4,9H2,1-2H3. The van der Waals surface area contributed by atoms with Gasteiger partial charge in [-0.2, -0.15) is 13.2 Å². The van der Waals surface area contributed by atoms with Crippen LogP contribution in [-0.4, -0.2) is 19.4 Å². The molecule has 0 aromatic heterocycles. The van der Waals surface area contributed by atoms with Crippen LogP contribution in [0.3, 0.4) is 0 Å². The SMILES string of the molecule is CCOC(OCC)c1cccc(C2CC2C(F)(F)F)c1. The highest BCUT2D eigenvalue weighted by atomic mass is 19.4. The molecule has 1 aliphatic rings. The van der Waals surface area contributed by atoms with Crippen LogP contribution >= 0.6 is 0 Å². The maximum absolute atomic E-state index is 12.6. The van der Waals surface area contributed by atoms with Crippen molar-refractivity contribution in [2.24, 2.45) is 5.92 Å². The predicted octanol–water partition coefficient (Wildman–Crippen LogP) is 4.42. The minimum Gasteiger partial charge on any atom is -0.349 e. The topological polar surface area (TPSA) is 18.5 Å². The third-order valence-corrected chi connectivity index (χ3v) is 3.46. The zero-order valence-corrected chi connectivity index (χ0v) is 11.6. The number of rotatable bonds is 6. The summed E-state index contributed by atoms with van der Waals surface area (Å²) in [4.78, 5) is 0. The summed E-state index contributed by atoms with van der Waals surface area (Å²) in [5.41, 5.74) is 1.49. The lowest BCUT2D eigenvalue weighted by Crippen LogP contribution is -2.12. The molecule has 20 heavy (non-hydrogen) atoms. The smallest absolute Gasteiger partial charge is 0.349 e. The van der Waals surface area contributed by atoms with Gasteiger partial charge in [0.25, 0.3) is 0 Å². The van der Waals surface area contributed by atoms with Crippen LogP contribution in [0.15, 0.2) is 24.3 Å². The third-order valence-electron chi connectivity index (χ3n) is 3.46. The zero-order chi connectivity index (χ0) is 14.8. The second-order valence-electron chi connectivity index (χ2n) is 4.90. The van der Waals surface area contributed by atoms with Crippen LogP contribution < -0.4 is 0 Å². The molecule has 0 spiro atoms. The molecule has 2 atom stereocenters. The van der Waals surface area contributed by atoms with E-state index in [1.807, 2.05) is 19.9 Å². The van der Waals surface area contributed by atoms with Crippen LogP contribution in [0.1, 0.15) is 43.6 Å². The van der Waals surface area contributed by atoms with Crippen LogP contribution in [-0.2, 0) is 9.47 Å². The fraction of sp³-hybridized carbons (Fsp3) is 0.600. The minimum absolute atomic E-state index is 0.181. The van der Waals surface area contributed by atoms with E-state index in [1.165, 1.54) is 0 Å². The predicted molar refractivity (Wildman–Crippen MR) is 69.3 cm³/mol. The van der Waals surface area contributed by atoms with Crippen LogP contribution in [0.5, 0.6) is 0 Å². The van der Waals surface area contributed by atoms with Crippen LogP contribution in [0, 0.1) is 5.92 Å². The average molecular weight is 288 g/mol. The molecule has 0 saturated heterocycles. The Morgan fingerprint density at radius 2 is 1.85 bits per heavy atom. The Bertz CT molecular complexity index is 439. The van der Waals surface area contributed by atoms with E-state index >= 15 is 0 Å². The molecule has 1 aromatic rings. The van der Waals surface area contributed by atoms with Gasteiger partial charge in [0.2, 0.25) is 0 Å². The van der Waals surface area contributed by atoms with Gasteiger partial charge in [0, 0.05) is 18.8 Å². The van der Waals surface area contributed by atoms with Gasteiger partial charge in [-0.05, 0) is 31.7 Å². The van der Waals surface area contributed by atoms with Gasteiger partial charge < -0.3 is 9.47 Å². The van der Waals surface area contributed by atoms with Crippen molar-refractivity contribution in [3.05, 3.63) is 35.4 Å². The molecule has 2 rings (SSSR count). The Labute approximate surface area is 116 Å². The second kappa shape index (κ2) is 6.14. The molecule has 1 fully saturated rings. The third kappa shape index (κ3) is 3.52. The summed E-state index contributed by atoms with van der Waals surface area (Å²) in [5.74, 6) is -1.62. The normalized spacial score (nSPS) is 22.3. The van der Waals surface area contributed by atoms with Gasteiger partial charge >= 0.3 is 6.18 Å². The molecular weight excluding hydrogens is 269 g/mol. The largest absolute Gasteiger partial charge is 0.392 e. The number of ether oxygens (including phenoxy) is 2. The van der Waals surface area contributed by atoms with Gasteiger partial charge in [-0.25, -0.2) is 0 Å². The molecule has 2 nitrogen and oxygen atoms in total. The molecular formula is C15H19F3O2. The molecule has 1 aliphatic carbocycles. The molecule has 1 saturated carbocycles. The van der Waals surface area contributed by atoms with Crippen molar-refractivity contribution in [2.75, 3.05) is 13.2 Å². The monoisotopic (exact) mass is 288 g/mol. The summed E-state index contributed by atoms with van der Waals surface area (Å²) in [7, 11) is 0. The Morgan fingerprint density at radius 3 is 2.35 bits per heavy atom. The quantitative estimate of drug-likeness (QED) is 0.721. The Kier molecular flexibility index (Phi) is 4.70. The summed E-state index contributed by atoms with van der Waals surface area (Å²) in [5, 5.41) is 0. The van der Waals surface area contributed by atoms with Crippen molar-refractivity contribution >= 4 is 0 Å². The van der Waals surface area contributed by atoms with E-state index in [0.29, 0.717) is 18.8 Å². The molecule has 112 valence electrons. The van der Waals surface area contributed by atoms with Crippen molar-refractivity contribution in [1.29, 1.82) is 0 Å². The fourth-order valence-electron chi connectivity index (χ4n) is 2.40. The number of hydrogen-bond donors (Lipinski definition) is 0. The van der Waals surface area contributed by atoms with Crippen molar-refractivity contribution < 1.29 is 22.6 Å². The second-order valence-corrected chi connectivity index (χ2v) is 4.90. The number of benzene rings is 1. The van der Waals surface area contributed by atoms with Gasteiger partial charge in [-0.15, -0.1) is 0 Å². The van der Waals surface area contributed by atoms with Crippen molar-refractivity contribution in [2.45, 2.75) is 38.7 Å². The van der Waals surface area contributed by atoms with Gasteiger partial charge in [0.1, 0.15) is 0 Å². The summed E-state index contributed by atoms with van der Waals surface area (Å²) in [6, 6.07) is 7.10. The molecule has 0 aliphatic heterocycles. The summed E-state index contributed by atoms with van der Waals surface area (Å²) in [6.07, 6.45) is -4.42. The van der Waals surface area contributed by atoms with E-state index < -0.39 is 24.3 Å². The lowest BCUT2D eigenvalue weighted by atomic mass is 10.1. The van der Waals surface area contributed by atoms with Gasteiger partial charge in [-0.1, -0.05) is 24.3 Å². The van der Waals surface area contributed by atoms with Crippen LogP contribution in [0.25, 0.3) is 0 Å². The lowest BCUT2D eigenvalue weighted by Gasteiger charge is -2.18. The number of hydrogen-bond acceptors (Lipinski definition) is 2. The fourth-order valence-corrected chi connectivity index (χ4v) is 2.40. The highest BCUT2D eigenvalue weighted by Crippen LogP contribution is 2.56.